The zero-order valence-corrected chi connectivity index (χ0v) is 11.4. The van der Waals surface area contributed by atoms with E-state index in [1.807, 2.05) is 0 Å². The minimum atomic E-state index is -0.520. The van der Waals surface area contributed by atoms with Gasteiger partial charge < -0.3 is 14.2 Å². The highest BCUT2D eigenvalue weighted by Gasteiger charge is 2.12. The molecular formula is C13H15NO6. The lowest BCUT2D eigenvalue weighted by molar-refractivity contribution is -0.384. The van der Waals surface area contributed by atoms with Crippen LogP contribution in [-0.2, 0) is 9.53 Å². The van der Waals surface area contributed by atoms with Crippen LogP contribution < -0.4 is 9.47 Å². The molecule has 0 saturated carbocycles. The molecule has 0 spiro atoms. The number of carbonyl (C=O) groups is 1. The fourth-order valence-corrected chi connectivity index (χ4v) is 1.39. The monoisotopic (exact) mass is 281 g/mol. The van der Waals surface area contributed by atoms with Gasteiger partial charge in [0.05, 0.1) is 25.2 Å². The van der Waals surface area contributed by atoms with Crippen LogP contribution in [0.1, 0.15) is 6.92 Å². The molecule has 0 fully saturated rings. The van der Waals surface area contributed by atoms with Gasteiger partial charge in [-0.3, -0.25) is 10.1 Å². The standard InChI is InChI=1S/C13H15NO6/c1-9(13(15)19-3)6-7-20-11-5-4-10(14(16)17)8-12(11)18-2/h4-6,8H,7H2,1-3H3. The van der Waals surface area contributed by atoms with Crippen molar-refractivity contribution in [1.82, 2.24) is 0 Å². The van der Waals surface area contributed by atoms with E-state index in [0.717, 1.165) is 0 Å². The molecule has 0 saturated heterocycles. The summed E-state index contributed by atoms with van der Waals surface area (Å²) in [6, 6.07) is 4.03. The lowest BCUT2D eigenvalue weighted by Gasteiger charge is -2.09. The van der Waals surface area contributed by atoms with E-state index in [2.05, 4.69) is 4.74 Å². The first kappa shape index (κ1) is 15.5. The van der Waals surface area contributed by atoms with Gasteiger partial charge in [-0.15, -0.1) is 0 Å². The number of nitrogens with zero attached hydrogens (tertiary/aromatic N) is 1. The van der Waals surface area contributed by atoms with Crippen LogP contribution in [0.5, 0.6) is 11.5 Å². The van der Waals surface area contributed by atoms with Gasteiger partial charge in [-0.05, 0) is 19.1 Å². The normalized spacial score (nSPS) is 10.8. The Morgan fingerprint density at radius 1 is 1.35 bits per heavy atom. The van der Waals surface area contributed by atoms with Gasteiger partial charge in [0.2, 0.25) is 0 Å². The van der Waals surface area contributed by atoms with Gasteiger partial charge in [-0.1, -0.05) is 0 Å². The molecule has 1 rings (SSSR count). The zero-order chi connectivity index (χ0) is 15.1. The second-order valence-electron chi connectivity index (χ2n) is 3.78. The lowest BCUT2D eigenvalue weighted by Crippen LogP contribution is -2.04. The molecule has 0 bridgehead atoms. The molecule has 0 aliphatic carbocycles. The number of rotatable bonds is 6. The molecule has 0 amide bonds. The van der Waals surface area contributed by atoms with Crippen molar-refractivity contribution in [3.8, 4) is 11.5 Å². The van der Waals surface area contributed by atoms with Crippen molar-refractivity contribution in [3.05, 3.63) is 40.0 Å². The maximum absolute atomic E-state index is 11.2. The van der Waals surface area contributed by atoms with E-state index in [9.17, 15) is 14.9 Å². The van der Waals surface area contributed by atoms with Crippen molar-refractivity contribution < 1.29 is 23.9 Å². The number of esters is 1. The van der Waals surface area contributed by atoms with Gasteiger partial charge in [-0.2, -0.15) is 0 Å². The largest absolute Gasteiger partial charge is 0.493 e. The summed E-state index contributed by atoms with van der Waals surface area (Å²) < 4.78 is 15.0. The fourth-order valence-electron chi connectivity index (χ4n) is 1.39. The fraction of sp³-hybridized carbons (Fsp3) is 0.308. The molecule has 0 aromatic heterocycles. The number of hydrogen-bond acceptors (Lipinski definition) is 6. The average molecular weight is 281 g/mol. The molecule has 0 N–H and O–H groups in total. The van der Waals surface area contributed by atoms with E-state index in [1.165, 1.54) is 32.4 Å². The highest BCUT2D eigenvalue weighted by molar-refractivity contribution is 5.87. The second kappa shape index (κ2) is 7.13. The van der Waals surface area contributed by atoms with Gasteiger partial charge in [0, 0.05) is 11.6 Å². The third-order valence-electron chi connectivity index (χ3n) is 2.49. The van der Waals surface area contributed by atoms with E-state index in [4.69, 9.17) is 9.47 Å². The average Bonchev–Trinajstić information content (AvgIpc) is 2.46. The third-order valence-corrected chi connectivity index (χ3v) is 2.49. The molecule has 0 aliphatic rings. The quantitative estimate of drug-likeness (QED) is 0.343. The Labute approximate surface area is 115 Å². The van der Waals surface area contributed by atoms with Gasteiger partial charge in [0.1, 0.15) is 6.61 Å². The van der Waals surface area contributed by atoms with Crippen LogP contribution in [0.25, 0.3) is 0 Å². The number of non-ortho nitro benzene ring substituents is 1. The Balaban J connectivity index is 2.78. The smallest absolute Gasteiger partial charge is 0.333 e. The van der Waals surface area contributed by atoms with E-state index < -0.39 is 10.9 Å². The number of hydrogen-bond donors (Lipinski definition) is 0. The van der Waals surface area contributed by atoms with Crippen molar-refractivity contribution in [2.24, 2.45) is 0 Å². The van der Waals surface area contributed by atoms with Crippen molar-refractivity contribution in [1.29, 1.82) is 0 Å². The molecule has 1 aromatic rings. The summed E-state index contributed by atoms with van der Waals surface area (Å²) in [6.45, 7) is 1.72. The van der Waals surface area contributed by atoms with Crippen LogP contribution in [0.3, 0.4) is 0 Å². The molecular weight excluding hydrogens is 266 g/mol. The molecule has 1 aromatic carbocycles. The molecule has 20 heavy (non-hydrogen) atoms. The van der Waals surface area contributed by atoms with Crippen LogP contribution >= 0.6 is 0 Å². The summed E-state index contributed by atoms with van der Waals surface area (Å²) in [7, 11) is 2.68. The summed E-state index contributed by atoms with van der Waals surface area (Å²) in [6.07, 6.45) is 1.55. The van der Waals surface area contributed by atoms with Crippen molar-refractivity contribution in [2.75, 3.05) is 20.8 Å². The predicted molar refractivity (Wildman–Crippen MR) is 70.9 cm³/mol. The topological polar surface area (TPSA) is 87.9 Å². The number of ether oxygens (including phenoxy) is 3. The van der Waals surface area contributed by atoms with Gasteiger partial charge >= 0.3 is 5.97 Å². The Hall–Kier alpha value is -2.57. The molecule has 0 aliphatic heterocycles. The molecule has 0 unspecified atom stereocenters. The van der Waals surface area contributed by atoms with Crippen LogP contribution in [0, 0.1) is 10.1 Å². The maximum Gasteiger partial charge on any atom is 0.333 e. The summed E-state index contributed by atoms with van der Waals surface area (Å²) in [4.78, 5) is 21.3. The Bertz CT molecular complexity index is 538. The number of benzene rings is 1. The molecule has 0 radical (unpaired) electrons. The van der Waals surface area contributed by atoms with Gasteiger partial charge in [0.25, 0.3) is 5.69 Å². The highest BCUT2D eigenvalue weighted by atomic mass is 16.6. The number of nitro groups is 1. The zero-order valence-electron chi connectivity index (χ0n) is 11.4. The summed E-state index contributed by atoms with van der Waals surface area (Å²) in [5, 5.41) is 10.6. The van der Waals surface area contributed by atoms with Crippen molar-refractivity contribution in [2.45, 2.75) is 6.92 Å². The molecule has 108 valence electrons. The molecule has 0 heterocycles. The summed E-state index contributed by atoms with van der Waals surface area (Å²) >= 11 is 0. The number of carbonyl (C=O) groups excluding carboxylic acids is 1. The van der Waals surface area contributed by atoms with E-state index >= 15 is 0 Å². The summed E-state index contributed by atoms with van der Waals surface area (Å²) in [5.74, 6) is 0.166. The van der Waals surface area contributed by atoms with E-state index in [1.54, 1.807) is 13.0 Å². The summed E-state index contributed by atoms with van der Waals surface area (Å²) in [5.41, 5.74) is 0.323. The van der Waals surface area contributed by atoms with Crippen molar-refractivity contribution >= 4 is 11.7 Å². The number of nitro benzene ring substituents is 1. The van der Waals surface area contributed by atoms with Crippen LogP contribution in [0.2, 0.25) is 0 Å². The Morgan fingerprint density at radius 3 is 2.60 bits per heavy atom. The lowest BCUT2D eigenvalue weighted by atomic mass is 10.2. The first-order valence-corrected chi connectivity index (χ1v) is 5.70. The van der Waals surface area contributed by atoms with Crippen LogP contribution in [0.4, 0.5) is 5.69 Å². The molecule has 7 nitrogen and oxygen atoms in total. The van der Waals surface area contributed by atoms with Crippen LogP contribution in [0.15, 0.2) is 29.8 Å². The Morgan fingerprint density at radius 2 is 2.05 bits per heavy atom. The second-order valence-corrected chi connectivity index (χ2v) is 3.78. The van der Waals surface area contributed by atoms with Crippen molar-refractivity contribution in [3.63, 3.8) is 0 Å². The maximum atomic E-state index is 11.2. The van der Waals surface area contributed by atoms with Gasteiger partial charge in [0.15, 0.2) is 11.5 Å². The SMILES string of the molecule is COC(=O)C(C)=CCOc1ccc([N+](=O)[O-])cc1OC. The minimum Gasteiger partial charge on any atom is -0.493 e. The van der Waals surface area contributed by atoms with Crippen LogP contribution in [-0.4, -0.2) is 31.7 Å². The highest BCUT2D eigenvalue weighted by Crippen LogP contribution is 2.31. The van der Waals surface area contributed by atoms with E-state index in [-0.39, 0.29) is 18.0 Å². The number of methoxy groups -OCH3 is 2. The Kier molecular flexibility index (Phi) is 5.52. The molecule has 7 heteroatoms. The third kappa shape index (κ3) is 3.98. The molecule has 0 atom stereocenters. The first-order chi connectivity index (χ1) is 9.49. The van der Waals surface area contributed by atoms with Gasteiger partial charge in [-0.25, -0.2) is 4.79 Å². The predicted octanol–water partition coefficient (Wildman–Crippen LogP) is 2.10. The minimum absolute atomic E-state index is 0.0875. The first-order valence-electron chi connectivity index (χ1n) is 5.70. The van der Waals surface area contributed by atoms with E-state index in [0.29, 0.717) is 11.3 Å².